The van der Waals surface area contributed by atoms with E-state index in [4.69, 9.17) is 10.2 Å². The second-order valence-corrected chi connectivity index (χ2v) is 6.47. The first-order chi connectivity index (χ1) is 8.63. The third kappa shape index (κ3) is 5.84. The topological polar surface area (TPSA) is 70.4 Å². The van der Waals surface area contributed by atoms with E-state index in [1.54, 1.807) is 11.8 Å². The van der Waals surface area contributed by atoms with Gasteiger partial charge >= 0.3 is 5.97 Å². The summed E-state index contributed by atoms with van der Waals surface area (Å²) in [4.78, 5) is 15.9. The summed E-state index contributed by atoms with van der Waals surface area (Å²) in [5.41, 5.74) is 0.838. The molecule has 0 aliphatic carbocycles. The molecule has 1 aromatic heterocycles. The van der Waals surface area contributed by atoms with Crippen molar-refractivity contribution < 1.29 is 15.0 Å². The average Bonchev–Trinajstić information content (AvgIpc) is 2.64. The summed E-state index contributed by atoms with van der Waals surface area (Å²) in [5.74, 6) is 0.201. The van der Waals surface area contributed by atoms with Gasteiger partial charge < -0.3 is 10.2 Å². The van der Waals surface area contributed by atoms with E-state index in [9.17, 15) is 4.79 Å². The average molecular weight is 289 g/mol. The zero-order valence-corrected chi connectivity index (χ0v) is 12.1. The number of aromatic nitrogens is 1. The van der Waals surface area contributed by atoms with Crippen LogP contribution in [-0.4, -0.2) is 33.5 Å². The summed E-state index contributed by atoms with van der Waals surface area (Å²) in [7, 11) is 0. The number of unbranched alkanes of at least 4 members (excludes halogenated alkanes) is 3. The molecule has 102 valence electrons. The number of aryl methyl sites for hydroxylation is 1. The first-order valence-electron chi connectivity index (χ1n) is 6.05. The largest absolute Gasteiger partial charge is 0.481 e. The molecule has 6 heteroatoms. The Balaban J connectivity index is 2.28. The Kier molecular flexibility index (Phi) is 7.31. The van der Waals surface area contributed by atoms with Crippen molar-refractivity contribution in [1.82, 2.24) is 4.98 Å². The Labute approximate surface area is 115 Å². The number of rotatable bonds is 9. The number of thioether (sulfide) groups is 1. The van der Waals surface area contributed by atoms with E-state index >= 15 is 0 Å². The molecule has 4 nitrogen and oxygen atoms in total. The van der Waals surface area contributed by atoms with Gasteiger partial charge in [-0.1, -0.05) is 24.6 Å². The molecule has 0 unspecified atom stereocenters. The number of aliphatic hydroxyl groups is 1. The smallest absolute Gasteiger partial charge is 0.308 e. The van der Waals surface area contributed by atoms with Gasteiger partial charge in [-0.25, -0.2) is 4.98 Å². The van der Waals surface area contributed by atoms with Crippen LogP contribution in [0.25, 0.3) is 0 Å². The Morgan fingerprint density at radius 1 is 1.33 bits per heavy atom. The monoisotopic (exact) mass is 289 g/mol. The maximum absolute atomic E-state index is 10.6. The van der Waals surface area contributed by atoms with Gasteiger partial charge in [0.2, 0.25) is 0 Å². The van der Waals surface area contributed by atoms with Crippen molar-refractivity contribution in [1.29, 1.82) is 0 Å². The SMILES string of the molecule is Cc1nc(SCCCCCCO)sc1CC(=O)O. The minimum absolute atomic E-state index is 0.0700. The standard InChI is InChI=1S/C12H19NO3S2/c1-9-10(8-11(15)16)18-12(13-9)17-7-5-3-2-4-6-14/h14H,2-8H2,1H3,(H,15,16). The fourth-order valence-corrected chi connectivity index (χ4v) is 3.79. The van der Waals surface area contributed by atoms with E-state index in [0.717, 1.165) is 46.3 Å². The highest BCUT2D eigenvalue weighted by Crippen LogP contribution is 2.28. The van der Waals surface area contributed by atoms with Crippen LogP contribution in [0.3, 0.4) is 0 Å². The summed E-state index contributed by atoms with van der Waals surface area (Å²) >= 11 is 3.18. The van der Waals surface area contributed by atoms with Crippen molar-refractivity contribution in [2.45, 2.75) is 43.4 Å². The molecule has 0 saturated heterocycles. The van der Waals surface area contributed by atoms with Crippen LogP contribution in [0.1, 0.15) is 36.3 Å². The molecular formula is C12H19NO3S2. The van der Waals surface area contributed by atoms with Crippen LogP contribution >= 0.6 is 23.1 Å². The lowest BCUT2D eigenvalue weighted by atomic mass is 10.2. The van der Waals surface area contributed by atoms with Crippen molar-refractivity contribution in [3.63, 3.8) is 0 Å². The lowest BCUT2D eigenvalue weighted by Crippen LogP contribution is -1.99. The normalized spacial score (nSPS) is 10.8. The summed E-state index contributed by atoms with van der Waals surface area (Å²) in [6.07, 6.45) is 4.25. The molecule has 0 amide bonds. The molecule has 0 fully saturated rings. The lowest BCUT2D eigenvalue weighted by Gasteiger charge is -1.98. The number of carbonyl (C=O) groups is 1. The van der Waals surface area contributed by atoms with Crippen molar-refractivity contribution in [2.75, 3.05) is 12.4 Å². The van der Waals surface area contributed by atoms with E-state index in [2.05, 4.69) is 4.98 Å². The molecule has 1 rings (SSSR count). The molecular weight excluding hydrogens is 270 g/mol. The van der Waals surface area contributed by atoms with Gasteiger partial charge in [-0.3, -0.25) is 4.79 Å². The van der Waals surface area contributed by atoms with Crippen LogP contribution in [-0.2, 0) is 11.2 Å². The number of aliphatic hydroxyl groups excluding tert-OH is 1. The number of carboxylic acids is 1. The molecule has 1 heterocycles. The molecule has 0 aliphatic heterocycles. The quantitative estimate of drug-likeness (QED) is 0.540. The van der Waals surface area contributed by atoms with Crippen molar-refractivity contribution >= 4 is 29.1 Å². The van der Waals surface area contributed by atoms with Crippen molar-refractivity contribution in [2.24, 2.45) is 0 Å². The van der Waals surface area contributed by atoms with Crippen LogP contribution in [0.5, 0.6) is 0 Å². The molecule has 0 bridgehead atoms. The molecule has 0 radical (unpaired) electrons. The molecule has 1 aromatic rings. The van der Waals surface area contributed by atoms with Crippen molar-refractivity contribution in [3.8, 4) is 0 Å². The maximum Gasteiger partial charge on any atom is 0.308 e. The van der Waals surface area contributed by atoms with Crippen LogP contribution in [0, 0.1) is 6.92 Å². The zero-order chi connectivity index (χ0) is 13.4. The Bertz CT molecular complexity index is 379. The second-order valence-electron chi connectivity index (χ2n) is 4.05. The fraction of sp³-hybridized carbons (Fsp3) is 0.667. The minimum atomic E-state index is -0.803. The predicted octanol–water partition coefficient (Wildman–Crippen LogP) is 2.72. The minimum Gasteiger partial charge on any atom is -0.481 e. The van der Waals surface area contributed by atoms with E-state index in [0.29, 0.717) is 0 Å². The Morgan fingerprint density at radius 2 is 2.06 bits per heavy atom. The number of aliphatic carboxylic acids is 1. The third-order valence-electron chi connectivity index (χ3n) is 2.46. The Morgan fingerprint density at radius 3 is 2.72 bits per heavy atom. The van der Waals surface area contributed by atoms with Gasteiger partial charge in [-0.2, -0.15) is 0 Å². The number of hydrogen-bond donors (Lipinski definition) is 2. The van der Waals surface area contributed by atoms with E-state index in [1.165, 1.54) is 11.3 Å². The molecule has 2 N–H and O–H groups in total. The van der Waals surface area contributed by atoms with E-state index in [1.807, 2.05) is 6.92 Å². The predicted molar refractivity (Wildman–Crippen MR) is 74.5 cm³/mol. The number of hydrogen-bond acceptors (Lipinski definition) is 5. The number of thiazole rings is 1. The first kappa shape index (κ1) is 15.5. The molecule has 0 aliphatic rings. The highest BCUT2D eigenvalue weighted by atomic mass is 32.2. The van der Waals surface area contributed by atoms with Gasteiger partial charge in [0.1, 0.15) is 4.34 Å². The van der Waals surface area contributed by atoms with Crippen LogP contribution in [0.2, 0.25) is 0 Å². The van der Waals surface area contributed by atoms with E-state index < -0.39 is 5.97 Å². The maximum atomic E-state index is 10.6. The van der Waals surface area contributed by atoms with E-state index in [-0.39, 0.29) is 13.0 Å². The first-order valence-corrected chi connectivity index (χ1v) is 7.85. The highest BCUT2D eigenvalue weighted by molar-refractivity contribution is 8.01. The summed E-state index contributed by atoms with van der Waals surface area (Å²) in [6.45, 7) is 2.14. The molecule has 0 saturated carbocycles. The Hall–Kier alpha value is -0.590. The summed E-state index contributed by atoms with van der Waals surface area (Å²) in [5, 5.41) is 17.4. The molecule has 18 heavy (non-hydrogen) atoms. The van der Waals surface area contributed by atoms with Crippen molar-refractivity contribution in [3.05, 3.63) is 10.6 Å². The molecule has 0 atom stereocenters. The van der Waals surface area contributed by atoms with Gasteiger partial charge in [0.05, 0.1) is 12.1 Å². The van der Waals surface area contributed by atoms with Gasteiger partial charge in [0.25, 0.3) is 0 Å². The number of carboxylic acid groups (broad SMARTS) is 1. The number of nitrogens with zero attached hydrogens (tertiary/aromatic N) is 1. The van der Waals surface area contributed by atoms with Gasteiger partial charge in [0.15, 0.2) is 0 Å². The third-order valence-corrected chi connectivity index (χ3v) is 4.85. The highest BCUT2D eigenvalue weighted by Gasteiger charge is 2.10. The van der Waals surface area contributed by atoms with Crippen LogP contribution < -0.4 is 0 Å². The second kappa shape index (κ2) is 8.50. The summed E-state index contributed by atoms with van der Waals surface area (Å²) in [6, 6.07) is 0. The van der Waals surface area contributed by atoms with Crippen LogP contribution in [0.4, 0.5) is 0 Å². The van der Waals surface area contributed by atoms with Crippen LogP contribution in [0.15, 0.2) is 4.34 Å². The van der Waals surface area contributed by atoms with Gasteiger partial charge in [-0.15, -0.1) is 11.3 Å². The van der Waals surface area contributed by atoms with Gasteiger partial charge in [0, 0.05) is 17.2 Å². The lowest BCUT2D eigenvalue weighted by molar-refractivity contribution is -0.136. The molecule has 0 spiro atoms. The zero-order valence-electron chi connectivity index (χ0n) is 10.5. The molecule has 0 aromatic carbocycles. The fourth-order valence-electron chi connectivity index (χ4n) is 1.49. The van der Waals surface area contributed by atoms with Gasteiger partial charge in [-0.05, 0) is 19.8 Å². The summed E-state index contributed by atoms with van der Waals surface area (Å²) < 4.78 is 0.964.